The van der Waals surface area contributed by atoms with Crippen LogP contribution in [0.1, 0.15) is 40.9 Å². The monoisotopic (exact) mass is 517 g/mol. The van der Waals surface area contributed by atoms with E-state index in [4.69, 9.17) is 5.10 Å². The molecule has 2 N–H and O–H groups in total. The molecule has 1 aromatic carbocycles. The van der Waals surface area contributed by atoms with Crippen molar-refractivity contribution in [1.29, 1.82) is 0 Å². The molecule has 2 aliphatic rings. The van der Waals surface area contributed by atoms with Gasteiger partial charge in [-0.1, -0.05) is 6.07 Å². The molecule has 0 spiro atoms. The van der Waals surface area contributed by atoms with Gasteiger partial charge in [0.2, 0.25) is 0 Å². The smallest absolute Gasteiger partial charge is 0.276 e. The van der Waals surface area contributed by atoms with Crippen molar-refractivity contribution in [1.82, 2.24) is 30.0 Å². The summed E-state index contributed by atoms with van der Waals surface area (Å²) in [6, 6.07) is 10.4. The quantitative estimate of drug-likeness (QED) is 0.394. The number of carbonyl (C=O) groups is 1. The highest BCUT2D eigenvalue weighted by Crippen LogP contribution is 2.35. The zero-order valence-electron chi connectivity index (χ0n) is 20.5. The average Bonchev–Trinajstić information content (AvgIpc) is 3.56. The van der Waals surface area contributed by atoms with Gasteiger partial charge in [0.05, 0.1) is 11.6 Å². The number of piperidine rings is 1. The molecule has 2 fully saturated rings. The lowest BCUT2D eigenvalue weighted by atomic mass is 9.93. The lowest BCUT2D eigenvalue weighted by Gasteiger charge is -2.36. The lowest BCUT2D eigenvalue weighted by molar-refractivity contribution is 0.102. The molecule has 0 saturated carbocycles. The minimum Gasteiger partial charge on any atom is -0.315 e. The van der Waals surface area contributed by atoms with Crippen molar-refractivity contribution in [2.45, 2.75) is 24.8 Å². The summed E-state index contributed by atoms with van der Waals surface area (Å²) in [5, 5.41) is 13.6. The minimum atomic E-state index is -0.307. The van der Waals surface area contributed by atoms with Crippen molar-refractivity contribution in [2.75, 3.05) is 38.5 Å². The zero-order chi connectivity index (χ0) is 25.4. The summed E-state index contributed by atoms with van der Waals surface area (Å²) in [5.74, 6) is 0.402. The van der Waals surface area contributed by atoms with Crippen LogP contribution in [0.3, 0.4) is 0 Å². The molecule has 3 aromatic heterocycles. The highest BCUT2D eigenvalue weighted by atomic mass is 32.1. The van der Waals surface area contributed by atoms with Gasteiger partial charge in [-0.05, 0) is 62.3 Å². The van der Waals surface area contributed by atoms with Crippen molar-refractivity contribution < 1.29 is 9.18 Å². The fourth-order valence-corrected chi connectivity index (χ4v) is 5.74. The molecule has 190 valence electrons. The van der Waals surface area contributed by atoms with Gasteiger partial charge < -0.3 is 15.5 Å². The number of hydrogen-bond donors (Lipinski definition) is 2. The molecule has 5 heterocycles. The van der Waals surface area contributed by atoms with E-state index in [9.17, 15) is 9.18 Å². The number of nitrogens with zero attached hydrogens (tertiary/aromatic N) is 5. The maximum atomic E-state index is 13.6. The molecule has 10 heteroatoms. The molecule has 1 amide bonds. The van der Waals surface area contributed by atoms with Gasteiger partial charge in [0.1, 0.15) is 28.0 Å². The highest BCUT2D eigenvalue weighted by Gasteiger charge is 2.25. The SMILES string of the molecule is CN1CC(c2ccc(NC(=O)c3csc(-c4cn(C5CCCNC5)nc4-c4ccc(F)cc4)n3)nc2)C1. The number of rotatable bonds is 6. The Bertz CT molecular complexity index is 1390. The number of aromatic nitrogens is 4. The number of amides is 1. The largest absolute Gasteiger partial charge is 0.315 e. The van der Waals surface area contributed by atoms with E-state index < -0.39 is 0 Å². The first kappa shape index (κ1) is 23.9. The van der Waals surface area contributed by atoms with Crippen molar-refractivity contribution in [3.63, 3.8) is 0 Å². The second-order valence-electron chi connectivity index (χ2n) is 9.77. The third kappa shape index (κ3) is 5.04. The molecule has 0 radical (unpaired) electrons. The zero-order valence-corrected chi connectivity index (χ0v) is 21.3. The van der Waals surface area contributed by atoms with Crippen LogP contribution in [0.25, 0.3) is 21.8 Å². The van der Waals surface area contributed by atoms with Gasteiger partial charge in [-0.25, -0.2) is 14.4 Å². The predicted octanol–water partition coefficient (Wildman–Crippen LogP) is 4.41. The number of halogens is 1. The van der Waals surface area contributed by atoms with Crippen LogP contribution >= 0.6 is 11.3 Å². The fraction of sp³-hybridized carbons (Fsp3) is 0.333. The molecule has 4 aromatic rings. The van der Waals surface area contributed by atoms with E-state index in [1.807, 2.05) is 29.2 Å². The summed E-state index contributed by atoms with van der Waals surface area (Å²) in [6.45, 7) is 3.92. The number of likely N-dealkylation sites (tertiary alicyclic amines) is 1. The Kier molecular flexibility index (Phi) is 6.54. The van der Waals surface area contributed by atoms with Gasteiger partial charge >= 0.3 is 0 Å². The van der Waals surface area contributed by atoms with Crippen molar-refractivity contribution in [2.24, 2.45) is 0 Å². The number of nitrogens with one attached hydrogen (secondary N) is 2. The summed E-state index contributed by atoms with van der Waals surface area (Å²) in [5.41, 5.74) is 3.87. The Balaban J connectivity index is 1.24. The van der Waals surface area contributed by atoms with Gasteiger partial charge in [-0.3, -0.25) is 9.48 Å². The Labute approximate surface area is 218 Å². The molecule has 8 nitrogen and oxygen atoms in total. The predicted molar refractivity (Wildman–Crippen MR) is 142 cm³/mol. The normalized spacial score (nSPS) is 18.5. The molecule has 1 unspecified atom stereocenters. The summed E-state index contributed by atoms with van der Waals surface area (Å²) in [4.78, 5) is 24.3. The Morgan fingerprint density at radius 1 is 1.19 bits per heavy atom. The third-order valence-corrected chi connectivity index (χ3v) is 7.90. The maximum Gasteiger partial charge on any atom is 0.276 e. The Morgan fingerprint density at radius 2 is 2.03 bits per heavy atom. The van der Waals surface area contributed by atoms with Crippen LogP contribution in [0.15, 0.2) is 54.2 Å². The van der Waals surface area contributed by atoms with Gasteiger partial charge in [-0.15, -0.1) is 11.3 Å². The van der Waals surface area contributed by atoms with Gasteiger partial charge in [-0.2, -0.15) is 5.10 Å². The first-order chi connectivity index (χ1) is 18.0. The minimum absolute atomic E-state index is 0.235. The summed E-state index contributed by atoms with van der Waals surface area (Å²) >= 11 is 1.39. The summed E-state index contributed by atoms with van der Waals surface area (Å²) in [7, 11) is 2.10. The van der Waals surface area contributed by atoms with E-state index in [1.165, 1.54) is 29.0 Å². The Morgan fingerprint density at radius 3 is 2.73 bits per heavy atom. The number of likely N-dealkylation sites (N-methyl/N-ethyl adjacent to an activating group) is 1. The number of carbonyl (C=O) groups excluding carboxylic acids is 1. The average molecular weight is 518 g/mol. The van der Waals surface area contributed by atoms with Crippen LogP contribution in [-0.2, 0) is 0 Å². The second-order valence-corrected chi connectivity index (χ2v) is 10.6. The van der Waals surface area contributed by atoms with E-state index >= 15 is 0 Å². The van der Waals surface area contributed by atoms with Crippen LogP contribution < -0.4 is 10.6 Å². The van der Waals surface area contributed by atoms with Crippen molar-refractivity contribution in [3.05, 3.63) is 71.2 Å². The molecule has 2 saturated heterocycles. The van der Waals surface area contributed by atoms with E-state index in [0.29, 0.717) is 22.4 Å². The molecule has 0 bridgehead atoms. The van der Waals surface area contributed by atoms with Crippen molar-refractivity contribution >= 4 is 23.1 Å². The first-order valence-corrected chi connectivity index (χ1v) is 13.4. The number of hydrogen-bond acceptors (Lipinski definition) is 7. The van der Waals surface area contributed by atoms with Gasteiger partial charge in [0.25, 0.3) is 5.91 Å². The van der Waals surface area contributed by atoms with Crippen molar-refractivity contribution in [3.8, 4) is 21.8 Å². The first-order valence-electron chi connectivity index (χ1n) is 12.5. The van der Waals surface area contributed by atoms with E-state index in [0.717, 1.165) is 55.8 Å². The van der Waals surface area contributed by atoms with Crippen LogP contribution in [0.4, 0.5) is 10.2 Å². The highest BCUT2D eigenvalue weighted by molar-refractivity contribution is 7.13. The molecular weight excluding hydrogens is 489 g/mol. The summed E-state index contributed by atoms with van der Waals surface area (Å²) in [6.07, 6.45) is 5.95. The molecular formula is C27H28FN7OS. The van der Waals surface area contributed by atoms with Crippen LogP contribution in [0, 0.1) is 5.82 Å². The lowest BCUT2D eigenvalue weighted by Crippen LogP contribution is -2.41. The number of benzene rings is 1. The van der Waals surface area contributed by atoms with E-state index in [2.05, 4.69) is 32.5 Å². The molecule has 0 aliphatic carbocycles. The second kappa shape index (κ2) is 10.1. The number of anilines is 1. The molecule has 37 heavy (non-hydrogen) atoms. The molecule has 6 rings (SSSR count). The maximum absolute atomic E-state index is 13.6. The van der Waals surface area contributed by atoms with Crippen LogP contribution in [0.5, 0.6) is 0 Å². The number of pyridine rings is 1. The third-order valence-electron chi connectivity index (χ3n) is 7.03. The number of thiazole rings is 1. The Hall–Kier alpha value is -3.47. The topological polar surface area (TPSA) is 88.0 Å². The van der Waals surface area contributed by atoms with Crippen LogP contribution in [0.2, 0.25) is 0 Å². The standard InChI is InChI=1S/C27H28FN7OS/c1-34-13-19(14-34)18-6-9-24(30-11-18)32-26(36)23-16-37-27(31-23)22-15-35(21-3-2-10-29-12-21)33-25(22)17-4-7-20(28)8-5-17/h4-9,11,15-16,19,21,29H,2-3,10,12-14H2,1H3,(H,30,32,36). The molecule has 1 atom stereocenters. The van der Waals surface area contributed by atoms with Crippen LogP contribution in [-0.4, -0.2) is 63.8 Å². The van der Waals surface area contributed by atoms with E-state index in [-0.39, 0.29) is 17.8 Å². The van der Waals surface area contributed by atoms with Gasteiger partial charge in [0, 0.05) is 48.9 Å². The fourth-order valence-electron chi connectivity index (χ4n) is 4.93. The molecule has 2 aliphatic heterocycles. The van der Waals surface area contributed by atoms with E-state index in [1.54, 1.807) is 17.5 Å². The van der Waals surface area contributed by atoms with Gasteiger partial charge in [0.15, 0.2) is 0 Å². The summed E-state index contributed by atoms with van der Waals surface area (Å²) < 4.78 is 15.6.